The number of hydrogen-bond acceptors (Lipinski definition) is 2. The molecule has 0 saturated carbocycles. The Kier molecular flexibility index (Phi) is 4.59. The average Bonchev–Trinajstić information content (AvgIpc) is 2.36. The number of phenols is 1. The minimum Gasteiger partial charge on any atom is -0.507 e. The molecule has 3 nitrogen and oxygen atoms in total. The lowest BCUT2D eigenvalue weighted by molar-refractivity contribution is 0.102. The van der Waals surface area contributed by atoms with E-state index in [9.17, 15) is 18.7 Å². The van der Waals surface area contributed by atoms with Gasteiger partial charge in [0, 0.05) is 10.0 Å². The zero-order valence-corrected chi connectivity index (χ0v) is 13.5. The van der Waals surface area contributed by atoms with E-state index in [-0.39, 0.29) is 15.8 Å². The summed E-state index contributed by atoms with van der Waals surface area (Å²) in [5.74, 6) is -2.56. The second kappa shape index (κ2) is 6.04. The van der Waals surface area contributed by atoms with Crippen LogP contribution in [0.5, 0.6) is 5.75 Å². The van der Waals surface area contributed by atoms with Crippen LogP contribution in [0.1, 0.15) is 10.4 Å². The number of hydrogen-bond donors (Lipinski definition) is 2. The molecule has 1 amide bonds. The highest BCUT2D eigenvalue weighted by atomic mass is 127. The van der Waals surface area contributed by atoms with E-state index in [2.05, 4.69) is 21.2 Å². The molecule has 2 aromatic carbocycles. The Morgan fingerprint density at radius 2 is 1.80 bits per heavy atom. The number of benzene rings is 2. The Morgan fingerprint density at radius 1 is 1.20 bits per heavy atom. The molecule has 0 aliphatic carbocycles. The van der Waals surface area contributed by atoms with Gasteiger partial charge in [-0.1, -0.05) is 15.9 Å². The van der Waals surface area contributed by atoms with Gasteiger partial charge in [0.2, 0.25) is 0 Å². The highest BCUT2D eigenvalue weighted by Gasteiger charge is 2.15. The Bertz CT molecular complexity index is 671. The van der Waals surface area contributed by atoms with Crippen LogP contribution in [0, 0.1) is 15.2 Å². The van der Waals surface area contributed by atoms with Gasteiger partial charge in [0.15, 0.2) is 11.6 Å². The van der Waals surface area contributed by atoms with Gasteiger partial charge in [-0.15, -0.1) is 0 Å². The van der Waals surface area contributed by atoms with Crippen LogP contribution in [0.3, 0.4) is 0 Å². The van der Waals surface area contributed by atoms with Crippen LogP contribution >= 0.6 is 38.5 Å². The summed E-state index contributed by atoms with van der Waals surface area (Å²) in [6.07, 6.45) is 0. The maximum Gasteiger partial charge on any atom is 0.255 e. The monoisotopic (exact) mass is 453 g/mol. The molecular formula is C13H7BrF2INO2. The van der Waals surface area contributed by atoms with E-state index in [1.54, 1.807) is 0 Å². The lowest BCUT2D eigenvalue weighted by Gasteiger charge is -2.09. The van der Waals surface area contributed by atoms with E-state index >= 15 is 0 Å². The largest absolute Gasteiger partial charge is 0.507 e. The first-order valence-electron chi connectivity index (χ1n) is 5.33. The van der Waals surface area contributed by atoms with Gasteiger partial charge < -0.3 is 10.4 Å². The molecule has 0 aliphatic heterocycles. The third kappa shape index (κ3) is 3.26. The number of aromatic hydroxyl groups is 1. The fourth-order valence-electron chi connectivity index (χ4n) is 1.50. The van der Waals surface area contributed by atoms with Crippen molar-refractivity contribution in [2.75, 3.05) is 5.32 Å². The van der Waals surface area contributed by atoms with E-state index < -0.39 is 23.2 Å². The predicted octanol–water partition coefficient (Wildman–Crippen LogP) is 4.29. The second-order valence-electron chi connectivity index (χ2n) is 3.86. The quantitative estimate of drug-likeness (QED) is 0.666. The summed E-state index contributed by atoms with van der Waals surface area (Å²) >= 11 is 4.84. The molecule has 0 unspecified atom stereocenters. The van der Waals surface area contributed by atoms with Crippen LogP contribution in [0.4, 0.5) is 14.5 Å². The number of anilines is 1. The number of amides is 1. The summed E-state index contributed by atoms with van der Waals surface area (Å²) < 4.78 is 28.0. The van der Waals surface area contributed by atoms with E-state index in [1.165, 1.54) is 18.2 Å². The fourth-order valence-corrected chi connectivity index (χ4v) is 2.24. The molecule has 104 valence electrons. The first-order chi connectivity index (χ1) is 9.38. The van der Waals surface area contributed by atoms with Crippen molar-refractivity contribution >= 4 is 50.1 Å². The topological polar surface area (TPSA) is 49.3 Å². The molecule has 0 aromatic heterocycles. The highest BCUT2D eigenvalue weighted by Crippen LogP contribution is 2.25. The fraction of sp³-hybridized carbons (Fsp3) is 0. The normalized spacial score (nSPS) is 10.4. The van der Waals surface area contributed by atoms with Crippen molar-refractivity contribution in [1.29, 1.82) is 0 Å². The van der Waals surface area contributed by atoms with Gasteiger partial charge in [-0.05, 0) is 52.9 Å². The molecule has 2 rings (SSSR count). The van der Waals surface area contributed by atoms with Crippen molar-refractivity contribution in [1.82, 2.24) is 0 Å². The van der Waals surface area contributed by atoms with E-state index in [0.717, 1.165) is 12.1 Å². The molecule has 0 spiro atoms. The van der Waals surface area contributed by atoms with Gasteiger partial charge >= 0.3 is 0 Å². The zero-order valence-electron chi connectivity index (χ0n) is 9.75. The van der Waals surface area contributed by atoms with Crippen LogP contribution in [0.2, 0.25) is 0 Å². The van der Waals surface area contributed by atoms with Crippen molar-refractivity contribution in [3.05, 3.63) is 55.6 Å². The summed E-state index contributed by atoms with van der Waals surface area (Å²) in [6.45, 7) is 0. The SMILES string of the molecule is O=C(Nc1c(F)cc(Br)cc1F)c1ccc(I)c(O)c1. The van der Waals surface area contributed by atoms with Gasteiger partial charge in [0.05, 0.1) is 3.57 Å². The molecule has 20 heavy (non-hydrogen) atoms. The maximum absolute atomic E-state index is 13.6. The van der Waals surface area contributed by atoms with E-state index in [1.807, 2.05) is 22.6 Å². The number of halogens is 4. The van der Waals surface area contributed by atoms with Crippen LogP contribution in [-0.4, -0.2) is 11.0 Å². The van der Waals surface area contributed by atoms with Crippen molar-refractivity contribution in [2.24, 2.45) is 0 Å². The molecule has 0 aliphatic rings. The number of nitrogens with one attached hydrogen (secondary N) is 1. The molecular weight excluding hydrogens is 447 g/mol. The Balaban J connectivity index is 2.30. The Labute approximate surface area is 135 Å². The Morgan fingerprint density at radius 3 is 2.35 bits per heavy atom. The molecule has 0 atom stereocenters. The summed E-state index contributed by atoms with van der Waals surface area (Å²) in [7, 11) is 0. The van der Waals surface area contributed by atoms with Gasteiger partial charge in [-0.25, -0.2) is 8.78 Å². The molecule has 0 saturated heterocycles. The molecule has 0 heterocycles. The number of rotatable bonds is 2. The molecule has 2 aromatic rings. The maximum atomic E-state index is 13.6. The molecule has 2 N–H and O–H groups in total. The minimum absolute atomic E-state index is 0.0741. The molecule has 0 fully saturated rings. The molecule has 7 heteroatoms. The summed E-state index contributed by atoms with van der Waals surface area (Å²) in [6, 6.07) is 6.30. The van der Waals surface area contributed by atoms with Gasteiger partial charge in [-0.3, -0.25) is 4.79 Å². The summed E-state index contributed by atoms with van der Waals surface area (Å²) in [4.78, 5) is 11.9. The first kappa shape index (κ1) is 15.2. The number of phenolic OH excluding ortho intramolecular Hbond substituents is 1. The van der Waals surface area contributed by atoms with Gasteiger partial charge in [-0.2, -0.15) is 0 Å². The standard InChI is InChI=1S/C13H7BrF2INO2/c14-7-4-8(15)12(9(16)5-7)18-13(20)6-1-2-10(17)11(19)3-6/h1-5,19H,(H,18,20). The minimum atomic E-state index is -0.889. The molecule has 0 radical (unpaired) electrons. The van der Waals surface area contributed by atoms with E-state index in [0.29, 0.717) is 3.57 Å². The van der Waals surface area contributed by atoms with Crippen molar-refractivity contribution in [3.8, 4) is 5.75 Å². The van der Waals surface area contributed by atoms with Gasteiger partial charge in [0.25, 0.3) is 5.91 Å². The number of carbonyl (C=O) groups is 1. The summed E-state index contributed by atoms with van der Waals surface area (Å²) in [5.41, 5.74) is -0.430. The second-order valence-corrected chi connectivity index (χ2v) is 5.94. The van der Waals surface area contributed by atoms with Crippen LogP contribution < -0.4 is 5.32 Å². The first-order valence-corrected chi connectivity index (χ1v) is 7.20. The van der Waals surface area contributed by atoms with Crippen molar-refractivity contribution in [3.63, 3.8) is 0 Å². The lowest BCUT2D eigenvalue weighted by Crippen LogP contribution is -2.14. The average molecular weight is 454 g/mol. The smallest absolute Gasteiger partial charge is 0.255 e. The number of carbonyl (C=O) groups excluding carboxylic acids is 1. The summed E-state index contributed by atoms with van der Waals surface area (Å²) in [5, 5.41) is 11.7. The van der Waals surface area contributed by atoms with Crippen LogP contribution in [0.15, 0.2) is 34.8 Å². The van der Waals surface area contributed by atoms with Gasteiger partial charge in [0.1, 0.15) is 11.4 Å². The predicted molar refractivity (Wildman–Crippen MR) is 82.8 cm³/mol. The van der Waals surface area contributed by atoms with Crippen LogP contribution in [-0.2, 0) is 0 Å². The van der Waals surface area contributed by atoms with Crippen LogP contribution in [0.25, 0.3) is 0 Å². The Hall–Kier alpha value is -1.22. The highest BCUT2D eigenvalue weighted by molar-refractivity contribution is 14.1. The third-order valence-electron chi connectivity index (χ3n) is 2.45. The van der Waals surface area contributed by atoms with E-state index in [4.69, 9.17) is 0 Å². The zero-order chi connectivity index (χ0) is 14.9. The molecule has 0 bridgehead atoms. The van der Waals surface area contributed by atoms with Crippen molar-refractivity contribution in [2.45, 2.75) is 0 Å². The van der Waals surface area contributed by atoms with Crippen molar-refractivity contribution < 1.29 is 18.7 Å². The third-order valence-corrected chi connectivity index (χ3v) is 3.82. The lowest BCUT2D eigenvalue weighted by atomic mass is 10.2.